The lowest BCUT2D eigenvalue weighted by Crippen LogP contribution is -2.60. The molecule has 4 heteroatoms. The minimum absolute atomic E-state index is 0.383. The molecule has 0 amide bonds. The van der Waals surface area contributed by atoms with Gasteiger partial charge in [0, 0.05) is 32.4 Å². The standard InChI is InChI=1S/C20H22N4/c1-2-6-17(7-3-1)10-11-20(24-14-12-21-13-15-24)16-22-18-8-4-5-9-19(18)23-20/h1-11,16,21,23H,12-15H2/b11-10+. The van der Waals surface area contributed by atoms with Crippen molar-refractivity contribution >= 4 is 23.7 Å². The highest BCUT2D eigenvalue weighted by molar-refractivity contribution is 5.89. The quantitative estimate of drug-likeness (QED) is 0.913. The maximum atomic E-state index is 4.73. The highest BCUT2D eigenvalue weighted by Gasteiger charge is 2.36. The van der Waals surface area contributed by atoms with E-state index in [2.05, 4.69) is 64.1 Å². The number of benzene rings is 2. The Morgan fingerprint density at radius 3 is 2.54 bits per heavy atom. The van der Waals surface area contributed by atoms with E-state index in [0.29, 0.717) is 0 Å². The van der Waals surface area contributed by atoms with Crippen molar-refractivity contribution in [1.82, 2.24) is 10.2 Å². The average Bonchev–Trinajstić information content (AvgIpc) is 2.68. The number of anilines is 1. The van der Waals surface area contributed by atoms with Gasteiger partial charge in [0.05, 0.1) is 11.4 Å². The van der Waals surface area contributed by atoms with Gasteiger partial charge in [-0.05, 0) is 23.8 Å². The van der Waals surface area contributed by atoms with E-state index >= 15 is 0 Å². The van der Waals surface area contributed by atoms with Gasteiger partial charge in [-0.2, -0.15) is 0 Å². The number of para-hydroxylation sites is 2. The molecule has 1 saturated heterocycles. The fraction of sp³-hybridized carbons (Fsp3) is 0.250. The van der Waals surface area contributed by atoms with Gasteiger partial charge in [-0.1, -0.05) is 48.5 Å². The second-order valence-corrected chi connectivity index (χ2v) is 6.21. The minimum Gasteiger partial charge on any atom is -0.358 e. The predicted molar refractivity (Wildman–Crippen MR) is 101 cm³/mol. The molecule has 2 aliphatic rings. The van der Waals surface area contributed by atoms with Crippen LogP contribution in [0.15, 0.2) is 65.7 Å². The third-order valence-corrected chi connectivity index (χ3v) is 4.61. The largest absolute Gasteiger partial charge is 0.358 e. The molecule has 1 fully saturated rings. The Morgan fingerprint density at radius 1 is 0.958 bits per heavy atom. The summed E-state index contributed by atoms with van der Waals surface area (Å²) in [4.78, 5) is 7.18. The van der Waals surface area contributed by atoms with E-state index in [1.54, 1.807) is 0 Å². The van der Waals surface area contributed by atoms with E-state index in [1.807, 2.05) is 24.4 Å². The summed E-state index contributed by atoms with van der Waals surface area (Å²) in [7, 11) is 0. The van der Waals surface area contributed by atoms with Crippen molar-refractivity contribution in [3.05, 3.63) is 66.2 Å². The molecule has 0 bridgehead atoms. The summed E-state index contributed by atoms with van der Waals surface area (Å²) in [5.41, 5.74) is 2.89. The molecule has 1 atom stereocenters. The van der Waals surface area contributed by atoms with Crippen molar-refractivity contribution in [3.63, 3.8) is 0 Å². The molecule has 2 N–H and O–H groups in total. The summed E-state index contributed by atoms with van der Waals surface area (Å²) < 4.78 is 0. The number of fused-ring (bicyclic) bond motifs is 1. The SMILES string of the molecule is C1=Nc2ccccc2NC1(/C=C/c1ccccc1)N1CCNCC1. The first-order valence-electron chi connectivity index (χ1n) is 8.48. The average molecular weight is 318 g/mol. The molecule has 0 spiro atoms. The first-order valence-corrected chi connectivity index (χ1v) is 8.48. The van der Waals surface area contributed by atoms with Crippen molar-refractivity contribution in [2.45, 2.75) is 5.66 Å². The summed E-state index contributed by atoms with van der Waals surface area (Å²) >= 11 is 0. The third-order valence-electron chi connectivity index (χ3n) is 4.61. The number of rotatable bonds is 3. The van der Waals surface area contributed by atoms with Crippen LogP contribution >= 0.6 is 0 Å². The van der Waals surface area contributed by atoms with Gasteiger partial charge in [-0.25, -0.2) is 0 Å². The number of hydrogen-bond acceptors (Lipinski definition) is 4. The van der Waals surface area contributed by atoms with Gasteiger partial charge in [0.25, 0.3) is 0 Å². The fourth-order valence-corrected chi connectivity index (χ4v) is 3.28. The number of aliphatic imine (C=N–C) groups is 1. The van der Waals surface area contributed by atoms with Crippen molar-refractivity contribution in [2.24, 2.45) is 4.99 Å². The third kappa shape index (κ3) is 2.98. The number of nitrogens with zero attached hydrogens (tertiary/aromatic N) is 2. The Balaban J connectivity index is 1.70. The molecule has 24 heavy (non-hydrogen) atoms. The molecule has 2 aliphatic heterocycles. The van der Waals surface area contributed by atoms with Crippen LogP contribution in [0.5, 0.6) is 0 Å². The highest BCUT2D eigenvalue weighted by atomic mass is 15.4. The van der Waals surface area contributed by atoms with Crippen LogP contribution in [-0.2, 0) is 0 Å². The van der Waals surface area contributed by atoms with Crippen LogP contribution in [-0.4, -0.2) is 43.0 Å². The maximum absolute atomic E-state index is 4.73. The molecule has 0 saturated carbocycles. The van der Waals surface area contributed by atoms with Crippen LogP contribution in [0, 0.1) is 0 Å². The van der Waals surface area contributed by atoms with Gasteiger partial charge in [0.1, 0.15) is 5.66 Å². The van der Waals surface area contributed by atoms with Gasteiger partial charge in [0.2, 0.25) is 0 Å². The van der Waals surface area contributed by atoms with E-state index in [1.165, 1.54) is 5.56 Å². The first kappa shape index (κ1) is 15.1. The maximum Gasteiger partial charge on any atom is 0.147 e. The Bertz CT molecular complexity index is 747. The summed E-state index contributed by atoms with van der Waals surface area (Å²) in [6, 6.07) is 18.6. The van der Waals surface area contributed by atoms with E-state index in [4.69, 9.17) is 4.99 Å². The molecule has 1 unspecified atom stereocenters. The molecule has 2 heterocycles. The Labute approximate surface area is 142 Å². The second kappa shape index (κ2) is 6.59. The fourth-order valence-electron chi connectivity index (χ4n) is 3.28. The summed E-state index contributed by atoms with van der Waals surface area (Å²) in [5.74, 6) is 0. The zero-order chi connectivity index (χ0) is 16.2. The zero-order valence-corrected chi connectivity index (χ0v) is 13.7. The molecular formula is C20H22N4. The van der Waals surface area contributed by atoms with Gasteiger partial charge in [-0.15, -0.1) is 0 Å². The molecule has 0 radical (unpaired) electrons. The highest BCUT2D eigenvalue weighted by Crippen LogP contribution is 2.33. The van der Waals surface area contributed by atoms with Crippen LogP contribution in [0.3, 0.4) is 0 Å². The van der Waals surface area contributed by atoms with Crippen molar-refractivity contribution in [3.8, 4) is 0 Å². The molecule has 122 valence electrons. The molecule has 2 aromatic carbocycles. The molecule has 4 nitrogen and oxygen atoms in total. The summed E-state index contributed by atoms with van der Waals surface area (Å²) in [6.45, 7) is 3.97. The molecule has 0 aliphatic carbocycles. The monoisotopic (exact) mass is 318 g/mol. The van der Waals surface area contributed by atoms with E-state index < -0.39 is 0 Å². The molecule has 4 rings (SSSR count). The van der Waals surface area contributed by atoms with Crippen LogP contribution in [0.2, 0.25) is 0 Å². The van der Waals surface area contributed by atoms with Crippen molar-refractivity contribution in [1.29, 1.82) is 0 Å². The lowest BCUT2D eigenvalue weighted by molar-refractivity contribution is 0.185. The van der Waals surface area contributed by atoms with Crippen molar-refractivity contribution in [2.75, 3.05) is 31.5 Å². The zero-order valence-electron chi connectivity index (χ0n) is 13.7. The summed E-state index contributed by atoms with van der Waals surface area (Å²) in [6.07, 6.45) is 6.45. The Hall–Kier alpha value is -2.43. The summed E-state index contributed by atoms with van der Waals surface area (Å²) in [5, 5.41) is 7.14. The number of piperazine rings is 1. The van der Waals surface area contributed by atoms with Crippen LogP contribution in [0.25, 0.3) is 6.08 Å². The predicted octanol–water partition coefficient (Wildman–Crippen LogP) is 3.13. The van der Waals surface area contributed by atoms with Crippen LogP contribution < -0.4 is 10.6 Å². The minimum atomic E-state index is -0.383. The number of hydrogen-bond donors (Lipinski definition) is 2. The van der Waals surface area contributed by atoms with Gasteiger partial charge >= 0.3 is 0 Å². The second-order valence-electron chi connectivity index (χ2n) is 6.21. The van der Waals surface area contributed by atoms with Gasteiger partial charge < -0.3 is 10.6 Å². The van der Waals surface area contributed by atoms with E-state index in [9.17, 15) is 0 Å². The topological polar surface area (TPSA) is 39.7 Å². The molecule has 0 aromatic heterocycles. The van der Waals surface area contributed by atoms with Gasteiger partial charge in [-0.3, -0.25) is 9.89 Å². The van der Waals surface area contributed by atoms with Crippen LogP contribution in [0.1, 0.15) is 5.56 Å². The lowest BCUT2D eigenvalue weighted by atomic mass is 10.0. The van der Waals surface area contributed by atoms with Crippen LogP contribution in [0.4, 0.5) is 11.4 Å². The van der Waals surface area contributed by atoms with Gasteiger partial charge in [0.15, 0.2) is 0 Å². The smallest absolute Gasteiger partial charge is 0.147 e. The Morgan fingerprint density at radius 2 is 1.71 bits per heavy atom. The normalized spacial score (nSPS) is 23.8. The molecule has 2 aromatic rings. The molecular weight excluding hydrogens is 296 g/mol. The van der Waals surface area contributed by atoms with E-state index in [0.717, 1.165) is 37.6 Å². The number of nitrogens with one attached hydrogen (secondary N) is 2. The first-order chi connectivity index (χ1) is 11.9. The lowest BCUT2D eigenvalue weighted by Gasteiger charge is -2.44. The van der Waals surface area contributed by atoms with E-state index in [-0.39, 0.29) is 5.66 Å². The van der Waals surface area contributed by atoms with Crippen molar-refractivity contribution < 1.29 is 0 Å². The Kier molecular flexibility index (Phi) is 4.15.